The molecular formula is C8H16NO3Tl. The summed E-state index contributed by atoms with van der Waals surface area (Å²) in [4.78, 5) is 4.78. The van der Waals surface area contributed by atoms with Gasteiger partial charge in [-0.05, 0) is 0 Å². The molecule has 74 valence electrons. The van der Waals surface area contributed by atoms with Gasteiger partial charge in [0.25, 0.3) is 0 Å². The van der Waals surface area contributed by atoms with Gasteiger partial charge in [-0.1, -0.05) is 0 Å². The SMILES string of the molecule is [Tl][O]OCCCOCC1CCCN1. The molecule has 13 heavy (non-hydrogen) atoms. The third-order valence-electron chi connectivity index (χ3n) is 2.07. The normalized spacial score (nSPS) is 22.2. The standard InChI is InChI=1S/C8H17NO3.Tl/c10-12-6-2-5-11-7-8-3-1-4-9-8;/h8-10H,1-7H2;/q;+1/p-1. The molecule has 1 atom stereocenters. The van der Waals surface area contributed by atoms with Gasteiger partial charge in [0.1, 0.15) is 0 Å². The van der Waals surface area contributed by atoms with Crippen LogP contribution in [0.15, 0.2) is 0 Å². The van der Waals surface area contributed by atoms with Gasteiger partial charge in [-0.2, -0.15) is 0 Å². The molecule has 1 aliphatic rings. The molecule has 0 spiro atoms. The summed E-state index contributed by atoms with van der Waals surface area (Å²) < 4.78 is 10.1. The van der Waals surface area contributed by atoms with E-state index in [0.29, 0.717) is 38.9 Å². The van der Waals surface area contributed by atoms with Crippen molar-refractivity contribution in [2.75, 3.05) is 26.4 Å². The Balaban J connectivity index is 1.78. The van der Waals surface area contributed by atoms with Gasteiger partial charge in [-0.3, -0.25) is 0 Å². The van der Waals surface area contributed by atoms with E-state index in [0.717, 1.165) is 26.2 Å². The quantitative estimate of drug-likeness (QED) is 0.297. The summed E-state index contributed by atoms with van der Waals surface area (Å²) in [7, 11) is 0. The van der Waals surface area contributed by atoms with Crippen molar-refractivity contribution in [1.82, 2.24) is 5.32 Å². The van der Waals surface area contributed by atoms with E-state index >= 15 is 0 Å². The zero-order valence-corrected chi connectivity index (χ0v) is 12.3. The number of hydrogen-bond donors (Lipinski definition) is 1. The first-order valence-electron chi connectivity index (χ1n) is 4.73. The van der Waals surface area contributed by atoms with Crippen LogP contribution >= 0.6 is 0 Å². The van der Waals surface area contributed by atoms with Crippen molar-refractivity contribution in [2.45, 2.75) is 25.3 Å². The first-order chi connectivity index (χ1) is 6.43. The fourth-order valence-corrected chi connectivity index (χ4v) is 1.77. The van der Waals surface area contributed by atoms with Gasteiger partial charge in [0.05, 0.1) is 0 Å². The molecule has 0 saturated carbocycles. The minimum absolute atomic E-state index is 0.466. The number of ether oxygens (including phenoxy) is 1. The number of nitrogens with one attached hydrogen (secondary N) is 1. The summed E-state index contributed by atoms with van der Waals surface area (Å²) in [6, 6.07) is 0.581. The van der Waals surface area contributed by atoms with Gasteiger partial charge < -0.3 is 0 Å². The summed E-state index contributed by atoms with van der Waals surface area (Å²) >= 11 is 0.466. The third-order valence-corrected chi connectivity index (χ3v) is 2.59. The van der Waals surface area contributed by atoms with Crippen LogP contribution in [0.25, 0.3) is 0 Å². The van der Waals surface area contributed by atoms with Gasteiger partial charge in [0, 0.05) is 0 Å². The van der Waals surface area contributed by atoms with Crippen LogP contribution in [0.5, 0.6) is 0 Å². The molecule has 0 aromatic heterocycles. The van der Waals surface area contributed by atoms with E-state index in [4.69, 9.17) is 9.62 Å². The van der Waals surface area contributed by atoms with Crippen molar-refractivity contribution in [3.8, 4) is 0 Å². The first kappa shape index (κ1) is 11.8. The second kappa shape index (κ2) is 8.10. The zero-order valence-electron chi connectivity index (χ0n) is 7.83. The molecular weight excluding hydrogens is 362 g/mol. The molecule has 0 aliphatic carbocycles. The molecule has 1 saturated heterocycles. The Bertz CT molecular complexity index is 120. The fourth-order valence-electron chi connectivity index (χ4n) is 1.39. The molecule has 4 nitrogen and oxygen atoms in total. The van der Waals surface area contributed by atoms with Crippen molar-refractivity contribution < 1.29 is 12.5 Å². The summed E-state index contributed by atoms with van der Waals surface area (Å²) in [5.74, 6) is 0. The van der Waals surface area contributed by atoms with Gasteiger partial charge >= 0.3 is 95.7 Å². The minimum atomic E-state index is 0.466. The molecule has 0 aromatic rings. The van der Waals surface area contributed by atoms with Crippen LogP contribution < -0.4 is 5.32 Å². The number of rotatable bonds is 7. The van der Waals surface area contributed by atoms with Gasteiger partial charge in [0.2, 0.25) is 0 Å². The van der Waals surface area contributed by atoms with E-state index in [1.165, 1.54) is 12.8 Å². The van der Waals surface area contributed by atoms with Crippen molar-refractivity contribution in [1.29, 1.82) is 0 Å². The van der Waals surface area contributed by atoms with Crippen LogP contribution in [-0.2, 0) is 12.5 Å². The Morgan fingerprint density at radius 3 is 3.00 bits per heavy atom. The monoisotopic (exact) mass is 379 g/mol. The first-order valence-corrected chi connectivity index (χ1v) is 6.56. The van der Waals surface area contributed by atoms with Crippen LogP contribution in [0.4, 0.5) is 0 Å². The molecule has 0 bridgehead atoms. The summed E-state index contributed by atoms with van der Waals surface area (Å²) in [6.07, 6.45) is 3.45. The van der Waals surface area contributed by atoms with Crippen LogP contribution in [-0.4, -0.2) is 58.6 Å². The molecule has 1 N–H and O–H groups in total. The van der Waals surface area contributed by atoms with E-state index in [9.17, 15) is 0 Å². The van der Waals surface area contributed by atoms with Gasteiger partial charge in [-0.15, -0.1) is 0 Å². The Kier molecular flexibility index (Phi) is 7.38. The van der Waals surface area contributed by atoms with Crippen molar-refractivity contribution in [3.05, 3.63) is 0 Å². The number of hydrogen-bond acceptors (Lipinski definition) is 4. The van der Waals surface area contributed by atoms with E-state index < -0.39 is 0 Å². The Hall–Kier alpha value is 0.762. The molecule has 1 heterocycles. The Morgan fingerprint density at radius 2 is 2.31 bits per heavy atom. The van der Waals surface area contributed by atoms with Gasteiger partial charge in [-0.25, -0.2) is 0 Å². The van der Waals surface area contributed by atoms with Gasteiger partial charge in [0.15, 0.2) is 0 Å². The third kappa shape index (κ3) is 5.95. The van der Waals surface area contributed by atoms with Crippen molar-refractivity contribution >= 4 is 26.2 Å². The molecule has 0 amide bonds. The Labute approximate surface area is 95.6 Å². The topological polar surface area (TPSA) is 39.7 Å². The fraction of sp³-hybridized carbons (Fsp3) is 1.00. The summed E-state index contributed by atoms with van der Waals surface area (Å²) in [5.41, 5.74) is 0. The molecule has 5 heteroatoms. The summed E-state index contributed by atoms with van der Waals surface area (Å²) in [6.45, 7) is 3.40. The van der Waals surface area contributed by atoms with E-state index in [2.05, 4.69) is 8.15 Å². The van der Waals surface area contributed by atoms with Crippen molar-refractivity contribution in [3.63, 3.8) is 0 Å². The average molecular weight is 379 g/mol. The molecule has 0 radical (unpaired) electrons. The molecule has 1 fully saturated rings. The zero-order chi connectivity index (χ0) is 9.36. The average Bonchev–Trinajstić information content (AvgIpc) is 2.63. The van der Waals surface area contributed by atoms with E-state index in [-0.39, 0.29) is 0 Å². The summed E-state index contributed by atoms with van der Waals surface area (Å²) in [5, 5.41) is 3.38. The predicted molar refractivity (Wildman–Crippen MR) is 49.3 cm³/mol. The van der Waals surface area contributed by atoms with Crippen molar-refractivity contribution in [2.24, 2.45) is 0 Å². The molecule has 1 aliphatic heterocycles. The molecule has 1 unspecified atom stereocenters. The molecule has 1 rings (SSSR count). The van der Waals surface area contributed by atoms with Crippen LogP contribution in [0, 0.1) is 0 Å². The van der Waals surface area contributed by atoms with Crippen LogP contribution in [0.3, 0.4) is 0 Å². The maximum atomic E-state index is 5.48. The maximum absolute atomic E-state index is 5.48. The Morgan fingerprint density at radius 1 is 1.38 bits per heavy atom. The van der Waals surface area contributed by atoms with Crippen LogP contribution in [0.1, 0.15) is 19.3 Å². The van der Waals surface area contributed by atoms with E-state index in [1.807, 2.05) is 0 Å². The second-order valence-electron chi connectivity index (χ2n) is 3.14. The second-order valence-corrected chi connectivity index (χ2v) is 3.89. The van der Waals surface area contributed by atoms with Crippen LogP contribution in [0.2, 0.25) is 0 Å². The predicted octanol–water partition coefficient (Wildman–Crippen LogP) is 0.177. The molecule has 0 aromatic carbocycles. The van der Waals surface area contributed by atoms with E-state index in [1.54, 1.807) is 0 Å².